The van der Waals surface area contributed by atoms with Crippen LogP contribution >= 0.6 is 34.8 Å². The van der Waals surface area contributed by atoms with Crippen LogP contribution in [0.5, 0.6) is 11.5 Å². The molecule has 0 unspecified atom stereocenters. The molecule has 6 nitrogen and oxygen atoms in total. The maximum atomic E-state index is 12.2. The van der Waals surface area contributed by atoms with Gasteiger partial charge in [-0.3, -0.25) is 4.79 Å². The number of esters is 1. The summed E-state index contributed by atoms with van der Waals surface area (Å²) in [7, 11) is 0. The Morgan fingerprint density at radius 2 is 1.73 bits per heavy atom. The zero-order valence-electron chi connectivity index (χ0n) is 13.3. The van der Waals surface area contributed by atoms with E-state index in [9.17, 15) is 9.59 Å². The molecule has 0 aliphatic carbocycles. The number of benzene rings is 2. The molecule has 1 N–H and O–H groups in total. The smallest absolute Gasteiger partial charge is 0.339 e. The molecule has 3 rings (SSSR count). The number of fused-ring (bicyclic) bond motifs is 1. The minimum atomic E-state index is -1.07. The van der Waals surface area contributed by atoms with Gasteiger partial charge in [0.05, 0.1) is 26.3 Å². The van der Waals surface area contributed by atoms with Gasteiger partial charge in [-0.1, -0.05) is 34.8 Å². The fraction of sp³-hybridized carbons (Fsp3) is 0.176. The van der Waals surface area contributed by atoms with Gasteiger partial charge < -0.3 is 19.5 Å². The van der Waals surface area contributed by atoms with Gasteiger partial charge >= 0.3 is 5.97 Å². The molecular weight excluding hydrogens is 405 g/mol. The monoisotopic (exact) mass is 415 g/mol. The minimum absolute atomic E-state index is 0.0943. The Hall–Kier alpha value is -2.15. The summed E-state index contributed by atoms with van der Waals surface area (Å²) in [6.45, 7) is 1.53. The van der Waals surface area contributed by atoms with Gasteiger partial charge in [0, 0.05) is 0 Å². The van der Waals surface area contributed by atoms with Gasteiger partial charge in [-0.05, 0) is 37.3 Å². The van der Waals surface area contributed by atoms with Crippen molar-refractivity contribution in [3.05, 3.63) is 51.0 Å². The Morgan fingerprint density at radius 1 is 1.04 bits per heavy atom. The van der Waals surface area contributed by atoms with Crippen LogP contribution in [0.25, 0.3) is 0 Å². The van der Waals surface area contributed by atoms with Crippen LogP contribution in [0.15, 0.2) is 30.3 Å². The van der Waals surface area contributed by atoms with Crippen LogP contribution in [0.4, 0.5) is 5.69 Å². The Balaban J connectivity index is 1.65. The van der Waals surface area contributed by atoms with Crippen LogP contribution in [-0.4, -0.2) is 24.8 Å². The van der Waals surface area contributed by atoms with E-state index in [-0.39, 0.29) is 33.1 Å². The molecule has 1 amide bonds. The second-order valence-electron chi connectivity index (χ2n) is 5.35. The van der Waals surface area contributed by atoms with Crippen molar-refractivity contribution < 1.29 is 23.8 Å². The first-order valence-electron chi connectivity index (χ1n) is 7.41. The molecule has 1 heterocycles. The topological polar surface area (TPSA) is 73.9 Å². The Bertz CT molecular complexity index is 887. The summed E-state index contributed by atoms with van der Waals surface area (Å²) in [6.07, 6.45) is -1.07. The number of ether oxygens (including phenoxy) is 3. The molecule has 0 bridgehead atoms. The molecule has 0 saturated heterocycles. The molecule has 1 aliphatic heterocycles. The number of nitrogens with one attached hydrogen (secondary N) is 1. The van der Waals surface area contributed by atoms with Gasteiger partial charge in [-0.25, -0.2) is 4.79 Å². The SMILES string of the molecule is C[C@@H](OC(=O)c1ccc2c(c1)OCO2)C(=O)Nc1cc(Cl)c(Cl)cc1Cl. The van der Waals surface area contributed by atoms with Crippen molar-refractivity contribution >= 4 is 52.4 Å². The standard InChI is InChI=1S/C17H12Cl3NO5/c1-8(16(22)21-13-6-11(19)10(18)5-12(13)20)26-17(23)9-2-3-14-15(4-9)25-7-24-14/h2-6,8H,7H2,1H3,(H,21,22)/t8-/m1/s1. The third-order valence-electron chi connectivity index (χ3n) is 3.53. The number of hydrogen-bond acceptors (Lipinski definition) is 5. The number of carbonyl (C=O) groups is 2. The van der Waals surface area contributed by atoms with E-state index in [2.05, 4.69) is 5.32 Å². The first-order valence-corrected chi connectivity index (χ1v) is 8.54. The van der Waals surface area contributed by atoms with Gasteiger partial charge in [-0.15, -0.1) is 0 Å². The number of rotatable bonds is 4. The van der Waals surface area contributed by atoms with Crippen molar-refractivity contribution in [2.75, 3.05) is 12.1 Å². The highest BCUT2D eigenvalue weighted by atomic mass is 35.5. The Morgan fingerprint density at radius 3 is 2.50 bits per heavy atom. The van der Waals surface area contributed by atoms with Gasteiger partial charge in [0.1, 0.15) is 0 Å². The van der Waals surface area contributed by atoms with Crippen molar-refractivity contribution in [3.63, 3.8) is 0 Å². The number of amides is 1. The largest absolute Gasteiger partial charge is 0.454 e. The van der Waals surface area contributed by atoms with E-state index in [1.807, 2.05) is 0 Å². The van der Waals surface area contributed by atoms with Gasteiger partial charge in [-0.2, -0.15) is 0 Å². The van der Waals surface area contributed by atoms with Crippen LogP contribution in [-0.2, 0) is 9.53 Å². The molecule has 9 heteroatoms. The second kappa shape index (κ2) is 7.61. The zero-order chi connectivity index (χ0) is 18.8. The quantitative estimate of drug-likeness (QED) is 0.584. The van der Waals surface area contributed by atoms with E-state index in [4.69, 9.17) is 49.0 Å². The Labute approximate surface area is 163 Å². The van der Waals surface area contributed by atoms with E-state index >= 15 is 0 Å². The number of carbonyl (C=O) groups excluding carboxylic acids is 2. The van der Waals surface area contributed by atoms with Crippen LogP contribution in [0.1, 0.15) is 17.3 Å². The molecule has 1 aliphatic rings. The van der Waals surface area contributed by atoms with Crippen LogP contribution in [0, 0.1) is 0 Å². The predicted octanol–water partition coefficient (Wildman–Crippen LogP) is 4.56. The van der Waals surface area contributed by atoms with Crippen molar-refractivity contribution in [2.24, 2.45) is 0 Å². The predicted molar refractivity (Wildman–Crippen MR) is 97.5 cm³/mol. The third-order valence-corrected chi connectivity index (χ3v) is 4.56. The van der Waals surface area contributed by atoms with Gasteiger partial charge in [0.25, 0.3) is 5.91 Å². The second-order valence-corrected chi connectivity index (χ2v) is 6.57. The third kappa shape index (κ3) is 3.98. The highest BCUT2D eigenvalue weighted by molar-refractivity contribution is 6.44. The highest BCUT2D eigenvalue weighted by Gasteiger charge is 2.22. The molecule has 136 valence electrons. The number of anilines is 1. The summed E-state index contributed by atoms with van der Waals surface area (Å²) in [5.41, 5.74) is 0.499. The summed E-state index contributed by atoms with van der Waals surface area (Å²) in [4.78, 5) is 24.5. The molecular formula is C17H12Cl3NO5. The molecule has 2 aromatic carbocycles. The molecule has 0 spiro atoms. The first kappa shape index (κ1) is 18.6. The Kier molecular flexibility index (Phi) is 5.46. The molecule has 1 atom stereocenters. The molecule has 26 heavy (non-hydrogen) atoms. The minimum Gasteiger partial charge on any atom is -0.454 e. The molecule has 0 aromatic heterocycles. The van der Waals surface area contributed by atoms with Gasteiger partial charge in [0.15, 0.2) is 17.6 Å². The first-order chi connectivity index (χ1) is 12.3. The number of hydrogen-bond donors (Lipinski definition) is 1. The summed E-state index contributed by atoms with van der Waals surface area (Å²) >= 11 is 17.8. The fourth-order valence-corrected chi connectivity index (χ4v) is 2.75. The summed E-state index contributed by atoms with van der Waals surface area (Å²) in [5, 5.41) is 3.24. The van der Waals surface area contributed by atoms with Crippen molar-refractivity contribution in [1.29, 1.82) is 0 Å². The fourth-order valence-electron chi connectivity index (χ4n) is 2.16. The van der Waals surface area contributed by atoms with E-state index in [0.29, 0.717) is 11.5 Å². The average molecular weight is 417 g/mol. The maximum absolute atomic E-state index is 12.2. The van der Waals surface area contributed by atoms with Crippen LogP contribution < -0.4 is 14.8 Å². The molecule has 0 radical (unpaired) electrons. The summed E-state index contributed by atoms with van der Waals surface area (Å²) in [5.74, 6) is -0.258. The average Bonchev–Trinajstić information content (AvgIpc) is 3.07. The van der Waals surface area contributed by atoms with E-state index in [0.717, 1.165) is 0 Å². The van der Waals surface area contributed by atoms with E-state index in [1.54, 1.807) is 6.07 Å². The van der Waals surface area contributed by atoms with Crippen molar-refractivity contribution in [2.45, 2.75) is 13.0 Å². The van der Waals surface area contributed by atoms with Crippen LogP contribution in [0.2, 0.25) is 15.1 Å². The lowest BCUT2D eigenvalue weighted by Crippen LogP contribution is -2.30. The van der Waals surface area contributed by atoms with Crippen molar-refractivity contribution in [1.82, 2.24) is 0 Å². The normalized spacial score (nSPS) is 13.2. The lowest BCUT2D eigenvalue weighted by molar-refractivity contribution is -0.123. The number of halogens is 3. The highest BCUT2D eigenvalue weighted by Crippen LogP contribution is 2.33. The van der Waals surface area contributed by atoms with Crippen LogP contribution in [0.3, 0.4) is 0 Å². The lowest BCUT2D eigenvalue weighted by atomic mass is 10.2. The molecule has 0 saturated carbocycles. The zero-order valence-corrected chi connectivity index (χ0v) is 15.6. The molecule has 0 fully saturated rings. The van der Waals surface area contributed by atoms with Gasteiger partial charge in [0.2, 0.25) is 6.79 Å². The maximum Gasteiger partial charge on any atom is 0.339 e. The van der Waals surface area contributed by atoms with E-state index < -0.39 is 18.0 Å². The summed E-state index contributed by atoms with van der Waals surface area (Å²) in [6, 6.07) is 7.43. The lowest BCUT2D eigenvalue weighted by Gasteiger charge is -2.15. The van der Waals surface area contributed by atoms with Crippen molar-refractivity contribution in [3.8, 4) is 11.5 Å². The molecule has 2 aromatic rings. The van der Waals surface area contributed by atoms with E-state index in [1.165, 1.54) is 31.2 Å². The summed E-state index contributed by atoms with van der Waals surface area (Å²) < 4.78 is 15.6.